The van der Waals surface area contributed by atoms with Gasteiger partial charge in [-0.05, 0) is 0 Å². The highest BCUT2D eigenvalue weighted by molar-refractivity contribution is 7.86. The predicted molar refractivity (Wildman–Crippen MR) is 35.0 cm³/mol. The molecule has 5 nitrogen and oxygen atoms in total. The summed E-state index contributed by atoms with van der Waals surface area (Å²) < 4.78 is 31.9. The average molecular weight is 179 g/mol. The molecule has 0 fully saturated rings. The molecule has 0 aliphatic carbocycles. The lowest BCUT2D eigenvalue weighted by Gasteiger charge is -1.89. The van der Waals surface area contributed by atoms with Crippen LogP contribution >= 0.6 is 0 Å². The van der Waals surface area contributed by atoms with Crippen molar-refractivity contribution >= 4 is 10.2 Å². The Morgan fingerprint density at radius 1 is 1.64 bits per heavy atom. The lowest BCUT2D eigenvalue weighted by atomic mass is 10.5. The number of aryl methyl sites for hydroxylation is 1. The van der Waals surface area contributed by atoms with E-state index in [0.717, 1.165) is 0 Å². The van der Waals surface area contributed by atoms with Gasteiger partial charge in [0, 0.05) is 6.42 Å². The summed E-state index contributed by atoms with van der Waals surface area (Å²) in [6.07, 6.45) is 1.26. The van der Waals surface area contributed by atoms with Crippen LogP contribution in [0.2, 0.25) is 0 Å². The zero-order valence-corrected chi connectivity index (χ0v) is 6.31. The smallest absolute Gasteiger partial charge is 0.263 e. The third kappa shape index (κ3) is 3.08. The van der Waals surface area contributed by atoms with Crippen molar-refractivity contribution in [3.63, 3.8) is 0 Å². The van der Waals surface area contributed by atoms with Gasteiger partial charge in [-0.2, -0.15) is 13.5 Å². The molecule has 11 heavy (non-hydrogen) atoms. The molecule has 0 amide bonds. The quantitative estimate of drug-likeness (QED) is 0.643. The van der Waals surface area contributed by atoms with Crippen molar-refractivity contribution in [2.45, 2.75) is 6.42 Å². The topological polar surface area (TPSA) is 75.7 Å². The standard InChI is InChI=1S/C4H6FN3O2S/c5-11(9,10)2-1-4-6-3-7-8-4/h3H,1-2H2,(H,6,7,8). The summed E-state index contributed by atoms with van der Waals surface area (Å²) in [4.78, 5) is 3.62. The van der Waals surface area contributed by atoms with Crippen LogP contribution in [-0.2, 0) is 16.6 Å². The summed E-state index contributed by atoms with van der Waals surface area (Å²) in [6, 6.07) is 0. The number of hydrogen-bond donors (Lipinski definition) is 1. The molecule has 0 saturated carbocycles. The highest BCUT2D eigenvalue weighted by Gasteiger charge is 2.07. The Hall–Kier alpha value is -0.980. The SMILES string of the molecule is O=S(=O)(F)CCc1ncn[nH]1. The van der Waals surface area contributed by atoms with Crippen LogP contribution in [0.1, 0.15) is 5.82 Å². The first-order valence-electron chi connectivity index (χ1n) is 2.84. The second-order valence-electron chi connectivity index (χ2n) is 1.93. The molecule has 0 radical (unpaired) electrons. The molecular weight excluding hydrogens is 173 g/mol. The fourth-order valence-corrected chi connectivity index (χ4v) is 1.01. The fourth-order valence-electron chi connectivity index (χ4n) is 0.570. The van der Waals surface area contributed by atoms with Crippen LogP contribution in [0.5, 0.6) is 0 Å². The Morgan fingerprint density at radius 3 is 2.82 bits per heavy atom. The van der Waals surface area contributed by atoms with Crippen LogP contribution in [-0.4, -0.2) is 29.4 Å². The number of halogens is 1. The van der Waals surface area contributed by atoms with Gasteiger partial charge < -0.3 is 0 Å². The number of nitrogens with zero attached hydrogens (tertiary/aromatic N) is 2. The molecule has 1 rings (SSSR count). The van der Waals surface area contributed by atoms with Crippen molar-refractivity contribution in [1.82, 2.24) is 15.2 Å². The summed E-state index contributed by atoms with van der Waals surface area (Å²) in [6.45, 7) is 0. The normalized spacial score (nSPS) is 11.7. The van der Waals surface area contributed by atoms with Gasteiger partial charge in [-0.3, -0.25) is 5.10 Å². The highest BCUT2D eigenvalue weighted by Crippen LogP contribution is 1.95. The van der Waals surface area contributed by atoms with E-state index in [1.165, 1.54) is 6.33 Å². The van der Waals surface area contributed by atoms with Crippen LogP contribution in [0.4, 0.5) is 3.89 Å². The minimum atomic E-state index is -4.39. The van der Waals surface area contributed by atoms with Gasteiger partial charge in [0.25, 0.3) is 0 Å². The summed E-state index contributed by atoms with van der Waals surface area (Å²) >= 11 is 0. The van der Waals surface area contributed by atoms with Crippen LogP contribution in [0.3, 0.4) is 0 Å². The molecule has 0 aromatic carbocycles. The van der Waals surface area contributed by atoms with Crippen molar-refractivity contribution in [2.75, 3.05) is 5.75 Å². The summed E-state index contributed by atoms with van der Waals surface area (Å²) in [7, 11) is -4.39. The van der Waals surface area contributed by atoms with Gasteiger partial charge in [0.2, 0.25) is 0 Å². The molecule has 1 heterocycles. The van der Waals surface area contributed by atoms with Crippen molar-refractivity contribution in [3.8, 4) is 0 Å². The minimum absolute atomic E-state index is 0.0266. The van der Waals surface area contributed by atoms with E-state index in [0.29, 0.717) is 5.82 Å². The summed E-state index contributed by atoms with van der Waals surface area (Å²) in [5, 5.41) is 5.89. The molecule has 1 aromatic rings. The van der Waals surface area contributed by atoms with E-state index >= 15 is 0 Å². The zero-order chi connectivity index (χ0) is 8.32. The molecule has 0 aliphatic heterocycles. The lowest BCUT2D eigenvalue weighted by Crippen LogP contribution is -2.03. The molecule has 0 saturated heterocycles. The molecule has 0 atom stereocenters. The average Bonchev–Trinajstić information content (AvgIpc) is 2.32. The molecule has 0 bridgehead atoms. The van der Waals surface area contributed by atoms with E-state index in [-0.39, 0.29) is 6.42 Å². The first-order valence-corrected chi connectivity index (χ1v) is 4.40. The van der Waals surface area contributed by atoms with Crippen LogP contribution < -0.4 is 0 Å². The Labute approximate surface area is 62.9 Å². The van der Waals surface area contributed by atoms with Gasteiger partial charge in [-0.25, -0.2) is 4.98 Å². The molecule has 7 heteroatoms. The van der Waals surface area contributed by atoms with Crippen molar-refractivity contribution in [2.24, 2.45) is 0 Å². The second kappa shape index (κ2) is 2.95. The van der Waals surface area contributed by atoms with Gasteiger partial charge in [-0.1, -0.05) is 0 Å². The third-order valence-corrected chi connectivity index (χ3v) is 1.74. The minimum Gasteiger partial charge on any atom is -0.263 e. The maximum atomic E-state index is 11.9. The zero-order valence-electron chi connectivity index (χ0n) is 5.49. The molecule has 0 unspecified atom stereocenters. The number of aromatic amines is 1. The van der Waals surface area contributed by atoms with E-state index in [2.05, 4.69) is 15.2 Å². The Kier molecular flexibility index (Phi) is 2.18. The Balaban J connectivity index is 2.48. The summed E-state index contributed by atoms with van der Waals surface area (Å²) in [5.41, 5.74) is 0. The number of H-pyrrole nitrogens is 1. The van der Waals surface area contributed by atoms with E-state index < -0.39 is 16.0 Å². The fraction of sp³-hybridized carbons (Fsp3) is 0.500. The largest absolute Gasteiger partial charge is 0.302 e. The van der Waals surface area contributed by atoms with Crippen LogP contribution in [0, 0.1) is 0 Å². The second-order valence-corrected chi connectivity index (χ2v) is 3.41. The Bertz CT molecular complexity index is 306. The van der Waals surface area contributed by atoms with Crippen molar-refractivity contribution in [1.29, 1.82) is 0 Å². The molecule has 62 valence electrons. The first kappa shape index (κ1) is 8.12. The maximum absolute atomic E-state index is 11.9. The Morgan fingerprint density at radius 2 is 2.36 bits per heavy atom. The number of rotatable bonds is 3. The predicted octanol–water partition coefficient (Wildman–Crippen LogP) is -0.353. The van der Waals surface area contributed by atoms with Crippen molar-refractivity contribution in [3.05, 3.63) is 12.2 Å². The molecule has 1 N–H and O–H groups in total. The number of hydrogen-bond acceptors (Lipinski definition) is 4. The maximum Gasteiger partial charge on any atom is 0.302 e. The van der Waals surface area contributed by atoms with Crippen LogP contribution in [0.25, 0.3) is 0 Å². The third-order valence-electron chi connectivity index (χ3n) is 1.05. The van der Waals surface area contributed by atoms with Gasteiger partial charge >= 0.3 is 10.2 Å². The molecule has 1 aromatic heterocycles. The van der Waals surface area contributed by atoms with Gasteiger partial charge in [0.15, 0.2) is 0 Å². The number of nitrogens with one attached hydrogen (secondary N) is 1. The van der Waals surface area contributed by atoms with E-state index in [4.69, 9.17) is 0 Å². The molecule has 0 aliphatic rings. The van der Waals surface area contributed by atoms with Gasteiger partial charge in [0.05, 0.1) is 5.75 Å². The number of aromatic nitrogens is 3. The monoisotopic (exact) mass is 179 g/mol. The van der Waals surface area contributed by atoms with Crippen molar-refractivity contribution < 1.29 is 12.3 Å². The summed E-state index contributed by atoms with van der Waals surface area (Å²) in [5.74, 6) is -0.187. The molecular formula is C4H6FN3O2S. The van der Waals surface area contributed by atoms with Gasteiger partial charge in [-0.15, -0.1) is 3.89 Å². The molecule has 0 spiro atoms. The van der Waals surface area contributed by atoms with E-state index in [9.17, 15) is 12.3 Å². The van der Waals surface area contributed by atoms with Gasteiger partial charge in [0.1, 0.15) is 12.2 Å². The first-order chi connectivity index (χ1) is 5.08. The van der Waals surface area contributed by atoms with Crippen LogP contribution in [0.15, 0.2) is 6.33 Å². The van der Waals surface area contributed by atoms with E-state index in [1.54, 1.807) is 0 Å². The highest BCUT2D eigenvalue weighted by atomic mass is 32.3. The van der Waals surface area contributed by atoms with E-state index in [1.807, 2.05) is 0 Å². The lowest BCUT2D eigenvalue weighted by molar-refractivity contribution is 0.550.